The summed E-state index contributed by atoms with van der Waals surface area (Å²) in [4.78, 5) is 4.17. The zero-order valence-corrected chi connectivity index (χ0v) is 9.43. The molecule has 3 nitrogen and oxygen atoms in total. The Morgan fingerprint density at radius 1 is 1.25 bits per heavy atom. The highest BCUT2D eigenvalue weighted by molar-refractivity contribution is 5.59. The minimum atomic E-state index is 0.295. The second-order valence-corrected chi connectivity index (χ2v) is 3.87. The largest absolute Gasteiger partial charge is 0.508 e. The molecule has 0 radical (unpaired) electrons. The predicted octanol–water partition coefficient (Wildman–Crippen LogP) is 3.06. The van der Waals surface area contributed by atoms with Crippen LogP contribution in [0.4, 0.5) is 0 Å². The van der Waals surface area contributed by atoms with Gasteiger partial charge in [-0.15, -0.1) is 0 Å². The van der Waals surface area contributed by atoms with Gasteiger partial charge in [0.1, 0.15) is 5.75 Å². The number of aromatic nitrogens is 2. The van der Waals surface area contributed by atoms with Crippen LogP contribution >= 0.6 is 0 Å². The summed E-state index contributed by atoms with van der Waals surface area (Å²) in [6.07, 6.45) is 6.05. The van der Waals surface area contributed by atoms with Crippen LogP contribution in [0.1, 0.15) is 19.8 Å². The summed E-state index contributed by atoms with van der Waals surface area (Å²) in [7, 11) is 0. The number of nitrogens with zero attached hydrogens (tertiary/aromatic N) is 2. The van der Waals surface area contributed by atoms with Crippen LogP contribution in [0.25, 0.3) is 11.3 Å². The summed E-state index contributed by atoms with van der Waals surface area (Å²) in [5.74, 6) is 0.295. The molecule has 0 bridgehead atoms. The Labute approximate surface area is 95.4 Å². The number of hydrogen-bond acceptors (Lipinski definition) is 2. The standard InChI is InChI=1S/C13H16N2O/c1-2-3-8-15-10-14-9-13(15)11-4-6-12(16)7-5-11/h4-7,9-10,16H,2-3,8H2,1H3. The molecule has 3 heteroatoms. The second-order valence-electron chi connectivity index (χ2n) is 3.87. The minimum Gasteiger partial charge on any atom is -0.508 e. The molecule has 2 rings (SSSR count). The fourth-order valence-electron chi connectivity index (χ4n) is 1.70. The number of unbranched alkanes of at least 4 members (excludes halogenated alkanes) is 1. The Bertz CT molecular complexity index is 445. The third-order valence-electron chi connectivity index (χ3n) is 2.63. The van der Waals surface area contributed by atoms with Gasteiger partial charge in [0.2, 0.25) is 0 Å². The number of phenolic OH excluding ortho intramolecular Hbond substituents is 1. The van der Waals surface area contributed by atoms with Gasteiger partial charge in [0, 0.05) is 12.1 Å². The summed E-state index contributed by atoms with van der Waals surface area (Å²) in [5, 5.41) is 9.24. The number of phenols is 1. The average molecular weight is 216 g/mol. The Balaban J connectivity index is 2.26. The molecule has 0 amide bonds. The monoisotopic (exact) mass is 216 g/mol. The van der Waals surface area contributed by atoms with Crippen molar-refractivity contribution in [2.45, 2.75) is 26.3 Å². The van der Waals surface area contributed by atoms with Crippen molar-refractivity contribution in [3.05, 3.63) is 36.8 Å². The first-order valence-corrected chi connectivity index (χ1v) is 5.61. The second kappa shape index (κ2) is 4.84. The molecule has 0 aliphatic heterocycles. The Hall–Kier alpha value is -1.77. The van der Waals surface area contributed by atoms with Crippen molar-refractivity contribution in [2.75, 3.05) is 0 Å². The molecule has 0 saturated carbocycles. The highest BCUT2D eigenvalue weighted by atomic mass is 16.3. The first kappa shape index (κ1) is 10.7. The van der Waals surface area contributed by atoms with Gasteiger partial charge >= 0.3 is 0 Å². The summed E-state index contributed by atoms with van der Waals surface area (Å²) in [6, 6.07) is 7.22. The SMILES string of the molecule is CCCCn1cncc1-c1ccc(O)cc1. The lowest BCUT2D eigenvalue weighted by molar-refractivity contribution is 0.475. The minimum absolute atomic E-state index is 0.295. The number of rotatable bonds is 4. The molecule has 0 atom stereocenters. The Morgan fingerprint density at radius 3 is 2.69 bits per heavy atom. The van der Waals surface area contributed by atoms with Gasteiger partial charge in [-0.1, -0.05) is 13.3 Å². The molecule has 2 aromatic rings. The van der Waals surface area contributed by atoms with Crippen LogP contribution in [0.5, 0.6) is 5.75 Å². The summed E-state index contributed by atoms with van der Waals surface area (Å²) >= 11 is 0. The van der Waals surface area contributed by atoms with Crippen molar-refractivity contribution in [1.82, 2.24) is 9.55 Å². The molecule has 0 spiro atoms. The van der Waals surface area contributed by atoms with Gasteiger partial charge in [-0.05, 0) is 30.7 Å². The third-order valence-corrected chi connectivity index (χ3v) is 2.63. The highest BCUT2D eigenvalue weighted by Crippen LogP contribution is 2.21. The lowest BCUT2D eigenvalue weighted by Gasteiger charge is -2.07. The van der Waals surface area contributed by atoms with Gasteiger partial charge in [-0.25, -0.2) is 4.98 Å². The van der Waals surface area contributed by atoms with E-state index in [2.05, 4.69) is 16.5 Å². The smallest absolute Gasteiger partial charge is 0.115 e. The van der Waals surface area contributed by atoms with Crippen LogP contribution in [0, 0.1) is 0 Å². The quantitative estimate of drug-likeness (QED) is 0.853. The maximum atomic E-state index is 9.24. The van der Waals surface area contributed by atoms with E-state index in [1.54, 1.807) is 12.1 Å². The summed E-state index contributed by atoms with van der Waals surface area (Å²) < 4.78 is 2.15. The molecule has 84 valence electrons. The third kappa shape index (κ3) is 2.24. The van der Waals surface area contributed by atoms with Crippen LogP contribution in [0.2, 0.25) is 0 Å². The first-order chi connectivity index (χ1) is 7.81. The number of benzene rings is 1. The van der Waals surface area contributed by atoms with Gasteiger partial charge < -0.3 is 9.67 Å². The number of aryl methyl sites for hydroxylation is 1. The normalized spacial score (nSPS) is 10.6. The van der Waals surface area contributed by atoms with Gasteiger partial charge in [0.25, 0.3) is 0 Å². The van der Waals surface area contributed by atoms with E-state index < -0.39 is 0 Å². The van der Waals surface area contributed by atoms with E-state index in [1.165, 1.54) is 6.42 Å². The van der Waals surface area contributed by atoms with Crippen LogP contribution in [0.15, 0.2) is 36.8 Å². The fraction of sp³-hybridized carbons (Fsp3) is 0.308. The van der Waals surface area contributed by atoms with E-state index >= 15 is 0 Å². The molecule has 1 heterocycles. The molecule has 0 fully saturated rings. The molecule has 1 N–H and O–H groups in total. The number of imidazole rings is 1. The zero-order valence-electron chi connectivity index (χ0n) is 9.43. The predicted molar refractivity (Wildman–Crippen MR) is 64.2 cm³/mol. The van der Waals surface area contributed by atoms with E-state index in [4.69, 9.17) is 0 Å². The van der Waals surface area contributed by atoms with E-state index in [0.29, 0.717) is 5.75 Å². The molecule has 1 aromatic carbocycles. The van der Waals surface area contributed by atoms with Crippen molar-refractivity contribution in [3.63, 3.8) is 0 Å². The molecule has 1 aromatic heterocycles. The topological polar surface area (TPSA) is 38.0 Å². The highest BCUT2D eigenvalue weighted by Gasteiger charge is 2.04. The lowest BCUT2D eigenvalue weighted by atomic mass is 10.1. The molecule has 0 saturated heterocycles. The first-order valence-electron chi connectivity index (χ1n) is 5.61. The van der Waals surface area contributed by atoms with Crippen LogP contribution < -0.4 is 0 Å². The van der Waals surface area contributed by atoms with Crippen LogP contribution in [0.3, 0.4) is 0 Å². The molecular formula is C13H16N2O. The molecule has 0 aliphatic rings. The number of aromatic hydroxyl groups is 1. The molecule has 0 unspecified atom stereocenters. The van der Waals surface area contributed by atoms with E-state index in [-0.39, 0.29) is 0 Å². The maximum absolute atomic E-state index is 9.24. The van der Waals surface area contributed by atoms with Crippen LogP contribution in [-0.2, 0) is 6.54 Å². The van der Waals surface area contributed by atoms with E-state index in [0.717, 1.165) is 24.2 Å². The van der Waals surface area contributed by atoms with E-state index in [1.807, 2.05) is 24.7 Å². The van der Waals surface area contributed by atoms with Gasteiger partial charge in [0.15, 0.2) is 0 Å². The lowest BCUT2D eigenvalue weighted by Crippen LogP contribution is -1.97. The molecular weight excluding hydrogens is 200 g/mol. The zero-order chi connectivity index (χ0) is 11.4. The molecule has 16 heavy (non-hydrogen) atoms. The van der Waals surface area contributed by atoms with Crippen molar-refractivity contribution < 1.29 is 5.11 Å². The van der Waals surface area contributed by atoms with Crippen molar-refractivity contribution in [2.24, 2.45) is 0 Å². The Morgan fingerprint density at radius 2 is 2.00 bits per heavy atom. The van der Waals surface area contributed by atoms with Gasteiger partial charge in [-0.3, -0.25) is 0 Å². The Kier molecular flexibility index (Phi) is 3.25. The summed E-state index contributed by atoms with van der Waals surface area (Å²) in [6.45, 7) is 3.17. The summed E-state index contributed by atoms with van der Waals surface area (Å²) in [5.41, 5.74) is 2.19. The fourth-order valence-corrected chi connectivity index (χ4v) is 1.70. The van der Waals surface area contributed by atoms with E-state index in [9.17, 15) is 5.11 Å². The maximum Gasteiger partial charge on any atom is 0.115 e. The van der Waals surface area contributed by atoms with Crippen molar-refractivity contribution >= 4 is 0 Å². The van der Waals surface area contributed by atoms with Crippen molar-refractivity contribution in [1.29, 1.82) is 0 Å². The molecule has 0 aliphatic carbocycles. The number of hydrogen-bond donors (Lipinski definition) is 1. The van der Waals surface area contributed by atoms with Crippen molar-refractivity contribution in [3.8, 4) is 17.0 Å². The average Bonchev–Trinajstić information content (AvgIpc) is 2.75. The van der Waals surface area contributed by atoms with Gasteiger partial charge in [0.05, 0.1) is 18.2 Å². The van der Waals surface area contributed by atoms with Crippen LogP contribution in [-0.4, -0.2) is 14.7 Å². The van der Waals surface area contributed by atoms with Gasteiger partial charge in [-0.2, -0.15) is 0 Å².